The van der Waals surface area contributed by atoms with E-state index in [1.54, 1.807) is 6.92 Å². The molecule has 0 saturated carbocycles. The molecular weight excluding hydrogens is 148 g/mol. The van der Waals surface area contributed by atoms with Gasteiger partial charge in [0.1, 0.15) is 6.04 Å². The molecule has 0 heterocycles. The smallest absolute Gasteiger partial charge is 0.322 e. The maximum Gasteiger partial charge on any atom is 0.322 e. The van der Waals surface area contributed by atoms with Crippen LogP contribution in [0.2, 0.25) is 0 Å². The quantitative estimate of drug-likeness (QED) is 0.488. The second kappa shape index (κ2) is 4.68. The van der Waals surface area contributed by atoms with Crippen LogP contribution in [0.3, 0.4) is 0 Å². The van der Waals surface area contributed by atoms with Crippen molar-refractivity contribution in [1.82, 2.24) is 5.32 Å². The molecule has 0 radical (unpaired) electrons. The van der Waals surface area contributed by atoms with Crippen LogP contribution in [0.4, 0.5) is 0 Å². The third kappa shape index (κ3) is 4.32. The third-order valence-electron chi connectivity index (χ3n) is 1.16. The van der Waals surface area contributed by atoms with Crippen molar-refractivity contribution in [3.8, 4) is 0 Å². The first kappa shape index (κ1) is 9.90. The monoisotopic (exact) mass is 160 g/mol. The Morgan fingerprint density at radius 3 is 2.55 bits per heavy atom. The summed E-state index contributed by atoms with van der Waals surface area (Å²) < 4.78 is 0. The molecule has 1 unspecified atom stereocenters. The average molecular weight is 160 g/mol. The van der Waals surface area contributed by atoms with Gasteiger partial charge >= 0.3 is 5.97 Å². The molecule has 0 aromatic carbocycles. The van der Waals surface area contributed by atoms with Gasteiger partial charge in [0.25, 0.3) is 0 Å². The lowest BCUT2D eigenvalue weighted by Crippen LogP contribution is -2.42. The standard InChI is InChI=1S/C6H12N2O3/c1-2-5(9)8-3-4(7)6(10)11/h4H,2-3,7H2,1H3,(H,8,9)(H,10,11). The minimum Gasteiger partial charge on any atom is -0.480 e. The van der Waals surface area contributed by atoms with Crippen molar-refractivity contribution in [1.29, 1.82) is 0 Å². The molecule has 0 aromatic rings. The van der Waals surface area contributed by atoms with E-state index in [9.17, 15) is 9.59 Å². The minimum absolute atomic E-state index is 0.0119. The minimum atomic E-state index is -1.11. The molecule has 5 heteroatoms. The average Bonchev–Trinajstić information content (AvgIpc) is 1.99. The molecule has 0 aliphatic carbocycles. The summed E-state index contributed by atoms with van der Waals surface area (Å²) in [6.45, 7) is 1.67. The number of nitrogens with one attached hydrogen (secondary N) is 1. The zero-order valence-corrected chi connectivity index (χ0v) is 6.33. The van der Waals surface area contributed by atoms with E-state index < -0.39 is 12.0 Å². The van der Waals surface area contributed by atoms with Crippen LogP contribution in [0.25, 0.3) is 0 Å². The SMILES string of the molecule is CCC(=O)NCC(N)C(=O)O. The van der Waals surface area contributed by atoms with Crippen molar-refractivity contribution in [2.75, 3.05) is 6.54 Å². The van der Waals surface area contributed by atoms with E-state index in [0.717, 1.165) is 0 Å². The molecule has 5 nitrogen and oxygen atoms in total. The molecule has 1 amide bonds. The van der Waals surface area contributed by atoms with E-state index in [-0.39, 0.29) is 12.5 Å². The number of carboxylic acids is 1. The molecule has 0 aliphatic rings. The molecular formula is C6H12N2O3. The highest BCUT2D eigenvalue weighted by molar-refractivity contribution is 5.78. The second-order valence-corrected chi connectivity index (χ2v) is 2.10. The van der Waals surface area contributed by atoms with Crippen molar-refractivity contribution in [2.24, 2.45) is 5.73 Å². The summed E-state index contributed by atoms with van der Waals surface area (Å²) in [7, 11) is 0. The summed E-state index contributed by atoms with van der Waals surface area (Å²) in [5.74, 6) is -1.30. The third-order valence-corrected chi connectivity index (χ3v) is 1.16. The van der Waals surface area contributed by atoms with Crippen LogP contribution in [0, 0.1) is 0 Å². The summed E-state index contributed by atoms with van der Waals surface area (Å²) in [5, 5.41) is 10.7. The Bertz CT molecular complexity index is 158. The Hall–Kier alpha value is -1.10. The summed E-state index contributed by atoms with van der Waals surface area (Å²) in [5.41, 5.74) is 5.11. The first-order chi connectivity index (χ1) is 5.07. The lowest BCUT2D eigenvalue weighted by Gasteiger charge is -2.06. The van der Waals surface area contributed by atoms with Gasteiger partial charge in [0, 0.05) is 13.0 Å². The molecule has 0 aromatic heterocycles. The molecule has 0 rings (SSSR count). The zero-order chi connectivity index (χ0) is 8.85. The number of carbonyl (C=O) groups is 2. The van der Waals surface area contributed by atoms with E-state index >= 15 is 0 Å². The number of carbonyl (C=O) groups excluding carboxylic acids is 1. The van der Waals surface area contributed by atoms with Gasteiger partial charge in [-0.25, -0.2) is 0 Å². The van der Waals surface area contributed by atoms with E-state index in [1.165, 1.54) is 0 Å². The van der Waals surface area contributed by atoms with Gasteiger partial charge in [-0.05, 0) is 0 Å². The molecule has 4 N–H and O–H groups in total. The van der Waals surface area contributed by atoms with Crippen LogP contribution in [-0.2, 0) is 9.59 Å². The lowest BCUT2D eigenvalue weighted by molar-refractivity contribution is -0.138. The van der Waals surface area contributed by atoms with Gasteiger partial charge in [-0.3, -0.25) is 9.59 Å². The Kier molecular flexibility index (Phi) is 4.21. The van der Waals surface area contributed by atoms with Gasteiger partial charge in [-0.1, -0.05) is 6.92 Å². The summed E-state index contributed by atoms with van der Waals surface area (Å²) in [6, 6.07) is -1.01. The topological polar surface area (TPSA) is 92.4 Å². The molecule has 11 heavy (non-hydrogen) atoms. The van der Waals surface area contributed by atoms with Gasteiger partial charge in [-0.15, -0.1) is 0 Å². The predicted molar refractivity (Wildman–Crippen MR) is 38.9 cm³/mol. The van der Waals surface area contributed by atoms with Crippen LogP contribution in [0.15, 0.2) is 0 Å². The summed E-state index contributed by atoms with van der Waals surface area (Å²) in [6.07, 6.45) is 0.340. The van der Waals surface area contributed by atoms with Crippen molar-refractivity contribution >= 4 is 11.9 Å². The van der Waals surface area contributed by atoms with Crippen molar-refractivity contribution in [2.45, 2.75) is 19.4 Å². The molecule has 0 fully saturated rings. The first-order valence-electron chi connectivity index (χ1n) is 3.33. The number of aliphatic carboxylic acids is 1. The molecule has 1 atom stereocenters. The van der Waals surface area contributed by atoms with E-state index in [2.05, 4.69) is 5.32 Å². The number of amides is 1. The molecule has 0 bridgehead atoms. The predicted octanol–water partition coefficient (Wildman–Crippen LogP) is -1.08. The lowest BCUT2D eigenvalue weighted by atomic mass is 10.3. The number of rotatable bonds is 4. The van der Waals surface area contributed by atoms with Gasteiger partial charge in [0.05, 0.1) is 0 Å². The zero-order valence-electron chi connectivity index (χ0n) is 6.33. The second-order valence-electron chi connectivity index (χ2n) is 2.10. The number of hydrogen-bond acceptors (Lipinski definition) is 3. The fraction of sp³-hybridized carbons (Fsp3) is 0.667. The van der Waals surface area contributed by atoms with E-state index in [4.69, 9.17) is 10.8 Å². The van der Waals surface area contributed by atoms with Crippen LogP contribution in [0.5, 0.6) is 0 Å². The van der Waals surface area contributed by atoms with Crippen LogP contribution in [-0.4, -0.2) is 29.6 Å². The van der Waals surface area contributed by atoms with Crippen LogP contribution < -0.4 is 11.1 Å². The van der Waals surface area contributed by atoms with Gasteiger partial charge in [0.2, 0.25) is 5.91 Å². The van der Waals surface area contributed by atoms with Crippen LogP contribution in [0.1, 0.15) is 13.3 Å². The van der Waals surface area contributed by atoms with Gasteiger partial charge in [0.15, 0.2) is 0 Å². The van der Waals surface area contributed by atoms with Gasteiger partial charge in [-0.2, -0.15) is 0 Å². The highest BCUT2D eigenvalue weighted by Gasteiger charge is 2.11. The highest BCUT2D eigenvalue weighted by Crippen LogP contribution is 1.78. The molecule has 0 spiro atoms. The Balaban J connectivity index is 3.54. The van der Waals surface area contributed by atoms with Crippen molar-refractivity contribution < 1.29 is 14.7 Å². The molecule has 0 aliphatic heterocycles. The fourth-order valence-corrected chi connectivity index (χ4v) is 0.436. The number of hydrogen-bond donors (Lipinski definition) is 3. The summed E-state index contributed by atoms with van der Waals surface area (Å²) in [4.78, 5) is 20.7. The molecule has 64 valence electrons. The van der Waals surface area contributed by atoms with Crippen molar-refractivity contribution in [3.05, 3.63) is 0 Å². The number of carboxylic acid groups (broad SMARTS) is 1. The maximum absolute atomic E-state index is 10.6. The normalized spacial score (nSPS) is 12.2. The van der Waals surface area contributed by atoms with Crippen molar-refractivity contribution in [3.63, 3.8) is 0 Å². The maximum atomic E-state index is 10.6. The van der Waals surface area contributed by atoms with Crippen LogP contribution >= 0.6 is 0 Å². The highest BCUT2D eigenvalue weighted by atomic mass is 16.4. The Labute approximate surface area is 64.6 Å². The Morgan fingerprint density at radius 1 is 1.64 bits per heavy atom. The molecule has 0 saturated heterocycles. The van der Waals surface area contributed by atoms with E-state index in [0.29, 0.717) is 6.42 Å². The largest absolute Gasteiger partial charge is 0.480 e. The fourth-order valence-electron chi connectivity index (χ4n) is 0.436. The van der Waals surface area contributed by atoms with Gasteiger partial charge < -0.3 is 16.2 Å². The first-order valence-corrected chi connectivity index (χ1v) is 3.33. The number of nitrogens with two attached hydrogens (primary N) is 1. The summed E-state index contributed by atoms with van der Waals surface area (Å²) >= 11 is 0. The van der Waals surface area contributed by atoms with E-state index in [1.807, 2.05) is 0 Å². The Morgan fingerprint density at radius 2 is 2.18 bits per heavy atom.